The maximum Gasteiger partial charge on any atom is 0.344 e. The van der Waals surface area contributed by atoms with Gasteiger partial charge in [-0.05, 0) is 12.1 Å². The topological polar surface area (TPSA) is 18.5 Å². The normalized spacial score (nSPS) is 10.3. The molecule has 2 rings (SSSR count). The molecule has 22 heavy (non-hydrogen) atoms. The minimum absolute atomic E-state index is 0.0727. The first-order chi connectivity index (χ1) is 10.4. The largest absolute Gasteiger partial charge is 0.427 e. The van der Waals surface area contributed by atoms with Gasteiger partial charge in [-0.3, -0.25) is 0 Å². The quantitative estimate of drug-likeness (QED) is 0.534. The van der Waals surface area contributed by atoms with Crippen molar-refractivity contribution >= 4 is 10.8 Å². The molecule has 116 valence electrons. The van der Waals surface area contributed by atoms with Crippen LogP contribution >= 0.6 is 0 Å². The van der Waals surface area contributed by atoms with Crippen molar-refractivity contribution in [2.75, 3.05) is 0 Å². The second kappa shape index (κ2) is 6.42. The Morgan fingerprint density at radius 2 is 0.955 bits per heavy atom. The third-order valence-electron chi connectivity index (χ3n) is 2.54. The van der Waals surface area contributed by atoms with Crippen LogP contribution in [0.2, 0.25) is 0 Å². The zero-order valence-electron chi connectivity index (χ0n) is 10.5. The van der Waals surface area contributed by atoms with E-state index in [9.17, 15) is 26.3 Å². The van der Waals surface area contributed by atoms with Crippen LogP contribution in [-0.2, 0) is 0 Å². The molecule has 0 spiro atoms. The Morgan fingerprint density at radius 3 is 1.27 bits per heavy atom. The van der Waals surface area contributed by atoms with Gasteiger partial charge in [0.25, 0.3) is 0 Å². The van der Waals surface area contributed by atoms with E-state index in [1.807, 2.05) is 0 Å². The number of fused-ring (bicyclic) bond motifs is 1. The molecule has 0 atom stereocenters. The molecule has 0 saturated carbocycles. The molecule has 0 bridgehead atoms. The standard InChI is InChI=1S/C14H6F6O2/c15-11(16)13(19)21-9-5-1-3-7-8(9)4-2-6-10(7)22-14(20)12(17)18/h1-6H. The minimum atomic E-state index is -2.65. The first-order valence-corrected chi connectivity index (χ1v) is 5.69. The van der Waals surface area contributed by atoms with Crippen LogP contribution in [0, 0.1) is 0 Å². The monoisotopic (exact) mass is 320 g/mol. The fraction of sp³-hybridized carbons (Fsp3) is 0. The van der Waals surface area contributed by atoms with Crippen molar-refractivity contribution in [1.82, 2.24) is 0 Å². The molecule has 0 heterocycles. The Morgan fingerprint density at radius 1 is 0.591 bits per heavy atom. The van der Waals surface area contributed by atoms with E-state index in [1.165, 1.54) is 36.4 Å². The van der Waals surface area contributed by atoms with Gasteiger partial charge in [-0.2, -0.15) is 26.3 Å². The van der Waals surface area contributed by atoms with Crippen molar-refractivity contribution < 1.29 is 35.8 Å². The fourth-order valence-electron chi connectivity index (χ4n) is 1.70. The van der Waals surface area contributed by atoms with Crippen molar-refractivity contribution in [3.63, 3.8) is 0 Å². The number of rotatable bonds is 4. The first-order valence-electron chi connectivity index (χ1n) is 5.69. The number of ether oxygens (including phenoxy) is 2. The Bertz CT molecular complexity index is 696. The fourth-order valence-corrected chi connectivity index (χ4v) is 1.70. The van der Waals surface area contributed by atoms with Crippen LogP contribution in [0.4, 0.5) is 26.3 Å². The van der Waals surface area contributed by atoms with Gasteiger partial charge in [0, 0.05) is 10.8 Å². The van der Waals surface area contributed by atoms with Gasteiger partial charge in [-0.1, -0.05) is 24.3 Å². The summed E-state index contributed by atoms with van der Waals surface area (Å²) in [5, 5.41) is 0.145. The molecule has 0 aromatic heterocycles. The molecule has 0 N–H and O–H groups in total. The molecular formula is C14H6F6O2. The highest BCUT2D eigenvalue weighted by atomic mass is 19.3. The summed E-state index contributed by atoms with van der Waals surface area (Å²) in [7, 11) is 0. The Hall–Kier alpha value is -2.64. The van der Waals surface area contributed by atoms with Crippen LogP contribution in [-0.4, -0.2) is 0 Å². The van der Waals surface area contributed by atoms with E-state index in [-0.39, 0.29) is 22.3 Å². The van der Waals surface area contributed by atoms with Crippen molar-refractivity contribution in [3.05, 3.63) is 60.6 Å². The van der Waals surface area contributed by atoms with E-state index in [4.69, 9.17) is 0 Å². The Labute approximate surface area is 119 Å². The van der Waals surface area contributed by atoms with Crippen LogP contribution in [0.25, 0.3) is 10.8 Å². The highest BCUT2D eigenvalue weighted by Crippen LogP contribution is 2.34. The minimum Gasteiger partial charge on any atom is -0.427 e. The molecular weight excluding hydrogens is 314 g/mol. The molecule has 0 aliphatic rings. The van der Waals surface area contributed by atoms with Crippen LogP contribution < -0.4 is 9.47 Å². The van der Waals surface area contributed by atoms with E-state index < -0.39 is 24.2 Å². The lowest BCUT2D eigenvalue weighted by atomic mass is 10.1. The summed E-state index contributed by atoms with van der Waals surface area (Å²) in [5.41, 5.74) is 0. The molecule has 8 heteroatoms. The van der Waals surface area contributed by atoms with Crippen molar-refractivity contribution in [3.8, 4) is 11.5 Å². The molecule has 2 nitrogen and oxygen atoms in total. The molecule has 0 amide bonds. The lowest BCUT2D eigenvalue weighted by molar-refractivity contribution is 0.241. The summed E-state index contributed by atoms with van der Waals surface area (Å²) in [4.78, 5) is 0. The van der Waals surface area contributed by atoms with Gasteiger partial charge in [-0.25, -0.2) is 0 Å². The number of hydrogen-bond donors (Lipinski definition) is 0. The first kappa shape index (κ1) is 15.7. The van der Waals surface area contributed by atoms with Crippen molar-refractivity contribution in [1.29, 1.82) is 0 Å². The van der Waals surface area contributed by atoms with E-state index in [1.54, 1.807) is 0 Å². The van der Waals surface area contributed by atoms with Crippen LogP contribution in [0.3, 0.4) is 0 Å². The van der Waals surface area contributed by atoms with E-state index >= 15 is 0 Å². The summed E-state index contributed by atoms with van der Waals surface area (Å²) in [5.74, 6) is -0.614. The highest BCUT2D eigenvalue weighted by molar-refractivity contribution is 5.93. The van der Waals surface area contributed by atoms with Gasteiger partial charge >= 0.3 is 24.2 Å². The highest BCUT2D eigenvalue weighted by Gasteiger charge is 2.14. The maximum absolute atomic E-state index is 12.9. The summed E-state index contributed by atoms with van der Waals surface area (Å²) in [6, 6.07) is 3.40. The average Bonchev–Trinajstić information content (AvgIpc) is 2.47. The molecule has 2 aromatic carbocycles. The summed E-state index contributed by atoms with van der Waals surface area (Å²) >= 11 is 0. The molecule has 0 aliphatic carbocycles. The summed E-state index contributed by atoms with van der Waals surface area (Å²) in [6.45, 7) is 0. The zero-order chi connectivity index (χ0) is 16.3. The Balaban J connectivity index is 2.51. The zero-order valence-corrected chi connectivity index (χ0v) is 10.5. The van der Waals surface area contributed by atoms with Crippen molar-refractivity contribution in [2.24, 2.45) is 0 Å². The SMILES string of the molecule is FC(F)=C(F)Oc1cccc2c(OC(F)=C(F)F)cccc12. The van der Waals surface area contributed by atoms with Crippen LogP contribution in [0.5, 0.6) is 11.5 Å². The molecule has 0 fully saturated rings. The molecule has 0 unspecified atom stereocenters. The van der Waals surface area contributed by atoms with Gasteiger partial charge in [0.15, 0.2) is 0 Å². The summed E-state index contributed by atoms with van der Waals surface area (Å²) in [6.07, 6.45) is -5.31. The van der Waals surface area contributed by atoms with Crippen molar-refractivity contribution in [2.45, 2.75) is 0 Å². The number of hydrogen-bond acceptors (Lipinski definition) is 2. The Kier molecular flexibility index (Phi) is 4.59. The van der Waals surface area contributed by atoms with Gasteiger partial charge in [0.2, 0.25) is 0 Å². The van der Waals surface area contributed by atoms with Crippen LogP contribution in [0.1, 0.15) is 0 Å². The molecule has 0 aliphatic heterocycles. The molecule has 0 saturated heterocycles. The smallest absolute Gasteiger partial charge is 0.344 e. The van der Waals surface area contributed by atoms with Gasteiger partial charge in [0.05, 0.1) is 0 Å². The number of halogens is 6. The lowest BCUT2D eigenvalue weighted by Gasteiger charge is -2.10. The average molecular weight is 320 g/mol. The third-order valence-corrected chi connectivity index (χ3v) is 2.54. The van der Waals surface area contributed by atoms with Gasteiger partial charge in [0.1, 0.15) is 11.5 Å². The van der Waals surface area contributed by atoms with Crippen LogP contribution in [0.15, 0.2) is 60.6 Å². The predicted octanol–water partition coefficient (Wildman–Crippen LogP) is 5.67. The maximum atomic E-state index is 12.9. The van der Waals surface area contributed by atoms with E-state index in [0.717, 1.165) is 0 Å². The second-order valence-corrected chi connectivity index (χ2v) is 3.88. The molecule has 2 aromatic rings. The van der Waals surface area contributed by atoms with Gasteiger partial charge < -0.3 is 9.47 Å². The lowest BCUT2D eigenvalue weighted by Crippen LogP contribution is -1.94. The third kappa shape index (κ3) is 3.33. The van der Waals surface area contributed by atoms with Gasteiger partial charge in [-0.15, -0.1) is 0 Å². The predicted molar refractivity (Wildman–Crippen MR) is 65.9 cm³/mol. The number of benzene rings is 2. The molecule has 0 radical (unpaired) electrons. The van der Waals surface area contributed by atoms with E-state index in [0.29, 0.717) is 0 Å². The van der Waals surface area contributed by atoms with E-state index in [2.05, 4.69) is 9.47 Å². The second-order valence-electron chi connectivity index (χ2n) is 3.88. The summed E-state index contributed by atoms with van der Waals surface area (Å²) < 4.78 is 82.7.